The van der Waals surface area contributed by atoms with Crippen molar-refractivity contribution in [1.82, 2.24) is 14.9 Å². The SMILES string of the molecule is COc1ccc2oc3c(=O)[nH]c(-c4ccc(NCC5CCN(C(=O)O)CC5)cc4Cl)nc3c2c1. The number of hydrogen-bond donors (Lipinski definition) is 3. The normalized spacial score (nSPS) is 14.6. The van der Waals surface area contributed by atoms with Gasteiger partial charge in [0.25, 0.3) is 5.56 Å². The lowest BCUT2D eigenvalue weighted by atomic mass is 9.97. The van der Waals surface area contributed by atoms with Crippen LogP contribution in [0.1, 0.15) is 12.8 Å². The van der Waals surface area contributed by atoms with E-state index in [0.29, 0.717) is 57.7 Å². The number of carbonyl (C=O) groups is 1. The number of amides is 1. The zero-order valence-corrected chi connectivity index (χ0v) is 19.2. The van der Waals surface area contributed by atoms with E-state index in [4.69, 9.17) is 25.9 Å². The minimum absolute atomic E-state index is 0.148. The van der Waals surface area contributed by atoms with Crippen molar-refractivity contribution < 1.29 is 19.1 Å². The number of hydrogen-bond acceptors (Lipinski definition) is 6. The number of ether oxygens (including phenoxy) is 1. The van der Waals surface area contributed by atoms with Gasteiger partial charge in [0, 0.05) is 30.9 Å². The Morgan fingerprint density at radius 2 is 2.09 bits per heavy atom. The van der Waals surface area contributed by atoms with E-state index in [9.17, 15) is 9.59 Å². The van der Waals surface area contributed by atoms with Gasteiger partial charge in [-0.1, -0.05) is 11.6 Å². The molecule has 176 valence electrons. The molecule has 1 fully saturated rings. The summed E-state index contributed by atoms with van der Waals surface area (Å²) in [5.41, 5.74) is 2.19. The fraction of sp³-hybridized carbons (Fsp3) is 0.292. The summed E-state index contributed by atoms with van der Waals surface area (Å²) in [6.45, 7) is 1.84. The van der Waals surface area contributed by atoms with Gasteiger partial charge in [0.15, 0.2) is 0 Å². The number of carboxylic acid groups (broad SMARTS) is 1. The first-order valence-corrected chi connectivity index (χ1v) is 11.3. The highest BCUT2D eigenvalue weighted by Crippen LogP contribution is 2.32. The van der Waals surface area contributed by atoms with Crippen molar-refractivity contribution in [1.29, 1.82) is 0 Å². The largest absolute Gasteiger partial charge is 0.497 e. The molecule has 1 saturated heterocycles. The van der Waals surface area contributed by atoms with Crippen LogP contribution in [0.2, 0.25) is 5.02 Å². The predicted octanol–water partition coefficient (Wildman–Crippen LogP) is 4.80. The highest BCUT2D eigenvalue weighted by Gasteiger charge is 2.22. The van der Waals surface area contributed by atoms with Crippen LogP contribution in [0.5, 0.6) is 5.75 Å². The van der Waals surface area contributed by atoms with Gasteiger partial charge in [-0.25, -0.2) is 9.78 Å². The van der Waals surface area contributed by atoms with Gasteiger partial charge in [0.1, 0.15) is 22.7 Å². The number of likely N-dealkylation sites (tertiary alicyclic amines) is 1. The molecule has 0 unspecified atom stereocenters. The molecule has 2 aromatic carbocycles. The highest BCUT2D eigenvalue weighted by molar-refractivity contribution is 6.33. The van der Waals surface area contributed by atoms with Crippen molar-refractivity contribution in [3.05, 3.63) is 51.8 Å². The van der Waals surface area contributed by atoms with Crippen LogP contribution in [0.15, 0.2) is 45.6 Å². The molecule has 5 rings (SSSR count). The van der Waals surface area contributed by atoms with Gasteiger partial charge >= 0.3 is 6.09 Å². The Balaban J connectivity index is 1.38. The van der Waals surface area contributed by atoms with Gasteiger partial charge in [0.2, 0.25) is 5.58 Å². The number of furan rings is 1. The molecule has 1 aliphatic heterocycles. The molecule has 2 aromatic heterocycles. The number of nitrogens with zero attached hydrogens (tertiary/aromatic N) is 2. The molecule has 0 aliphatic carbocycles. The molecule has 1 aliphatic rings. The molecule has 4 aromatic rings. The number of benzene rings is 2. The third kappa shape index (κ3) is 4.14. The Morgan fingerprint density at radius 3 is 2.79 bits per heavy atom. The van der Waals surface area contributed by atoms with Crippen LogP contribution in [-0.2, 0) is 0 Å². The van der Waals surface area contributed by atoms with Crippen molar-refractivity contribution in [2.45, 2.75) is 12.8 Å². The number of piperidine rings is 1. The number of H-pyrrole nitrogens is 1. The van der Waals surface area contributed by atoms with Crippen molar-refractivity contribution >= 4 is 45.5 Å². The van der Waals surface area contributed by atoms with Crippen LogP contribution >= 0.6 is 11.6 Å². The lowest BCUT2D eigenvalue weighted by molar-refractivity contribution is 0.126. The van der Waals surface area contributed by atoms with Crippen LogP contribution in [0.25, 0.3) is 33.5 Å². The molecule has 34 heavy (non-hydrogen) atoms. The summed E-state index contributed by atoms with van der Waals surface area (Å²) < 4.78 is 11.0. The fourth-order valence-electron chi connectivity index (χ4n) is 4.29. The van der Waals surface area contributed by atoms with E-state index in [1.807, 2.05) is 12.1 Å². The smallest absolute Gasteiger partial charge is 0.407 e. The van der Waals surface area contributed by atoms with Crippen molar-refractivity contribution in [2.75, 3.05) is 32.1 Å². The monoisotopic (exact) mass is 482 g/mol. The third-order valence-corrected chi connectivity index (χ3v) is 6.55. The summed E-state index contributed by atoms with van der Waals surface area (Å²) in [7, 11) is 1.57. The van der Waals surface area contributed by atoms with Crippen molar-refractivity contribution in [3.8, 4) is 17.1 Å². The number of methoxy groups -OCH3 is 1. The molecule has 10 heteroatoms. The zero-order valence-electron chi connectivity index (χ0n) is 18.4. The van der Waals surface area contributed by atoms with Gasteiger partial charge in [-0.15, -0.1) is 0 Å². The molecule has 9 nitrogen and oxygen atoms in total. The maximum absolute atomic E-state index is 12.7. The topological polar surface area (TPSA) is 121 Å². The van der Waals surface area contributed by atoms with E-state index in [2.05, 4.69) is 15.3 Å². The summed E-state index contributed by atoms with van der Waals surface area (Å²) in [6, 6.07) is 10.8. The summed E-state index contributed by atoms with van der Waals surface area (Å²) >= 11 is 6.57. The maximum atomic E-state index is 12.7. The average molecular weight is 483 g/mol. The first-order chi connectivity index (χ1) is 16.4. The first-order valence-electron chi connectivity index (χ1n) is 10.9. The van der Waals surface area contributed by atoms with Crippen LogP contribution < -0.4 is 15.6 Å². The molecule has 0 bridgehead atoms. The molecule has 0 spiro atoms. The van der Waals surface area contributed by atoms with E-state index >= 15 is 0 Å². The van der Waals surface area contributed by atoms with E-state index in [1.165, 1.54) is 4.90 Å². The van der Waals surface area contributed by atoms with Gasteiger partial charge in [-0.05, 0) is 55.2 Å². The second kappa shape index (κ2) is 8.90. The number of nitrogens with one attached hydrogen (secondary N) is 2. The van der Waals surface area contributed by atoms with E-state index in [1.54, 1.807) is 31.4 Å². The first kappa shape index (κ1) is 22.1. The van der Waals surface area contributed by atoms with Gasteiger partial charge < -0.3 is 29.5 Å². The Labute approximate surface area is 199 Å². The lowest BCUT2D eigenvalue weighted by Gasteiger charge is -2.30. The quantitative estimate of drug-likeness (QED) is 0.373. The van der Waals surface area contributed by atoms with Gasteiger partial charge in [-0.3, -0.25) is 4.79 Å². The average Bonchev–Trinajstić information content (AvgIpc) is 3.21. The summed E-state index contributed by atoms with van der Waals surface area (Å²) in [5, 5.41) is 13.6. The van der Waals surface area contributed by atoms with Crippen LogP contribution in [-0.4, -0.2) is 52.8 Å². The molecular weight excluding hydrogens is 460 g/mol. The van der Waals surface area contributed by atoms with E-state index in [0.717, 1.165) is 25.1 Å². The van der Waals surface area contributed by atoms with Gasteiger partial charge in [0.05, 0.1) is 17.5 Å². The number of aromatic nitrogens is 2. The lowest BCUT2D eigenvalue weighted by Crippen LogP contribution is -2.39. The van der Waals surface area contributed by atoms with Crippen LogP contribution in [0, 0.1) is 5.92 Å². The molecule has 0 atom stereocenters. The molecule has 1 amide bonds. The number of fused-ring (bicyclic) bond motifs is 3. The van der Waals surface area contributed by atoms with E-state index in [-0.39, 0.29) is 11.1 Å². The molecule has 3 heterocycles. The zero-order chi connectivity index (χ0) is 23.8. The second-order valence-corrected chi connectivity index (χ2v) is 8.75. The molecule has 3 N–H and O–H groups in total. The fourth-order valence-corrected chi connectivity index (χ4v) is 4.56. The van der Waals surface area contributed by atoms with E-state index < -0.39 is 6.09 Å². The predicted molar refractivity (Wildman–Crippen MR) is 130 cm³/mol. The van der Waals surface area contributed by atoms with Gasteiger partial charge in [-0.2, -0.15) is 0 Å². The number of anilines is 1. The Morgan fingerprint density at radius 1 is 1.29 bits per heavy atom. The number of rotatable bonds is 5. The Hall–Kier alpha value is -3.72. The Bertz CT molecular complexity index is 1440. The molecule has 0 saturated carbocycles. The number of halogens is 1. The van der Waals surface area contributed by atoms with Crippen LogP contribution in [0.3, 0.4) is 0 Å². The standard InChI is InChI=1S/C24H23ClN4O5/c1-33-15-3-5-19-17(11-15)20-21(34-19)23(30)28-22(27-20)16-4-2-14(10-18(16)25)26-12-13-6-8-29(9-7-13)24(31)32/h2-5,10-11,13,26H,6-9,12H2,1H3,(H,31,32)(H,27,28,30). The third-order valence-electron chi connectivity index (χ3n) is 6.23. The summed E-state index contributed by atoms with van der Waals surface area (Å²) in [5.74, 6) is 1.38. The summed E-state index contributed by atoms with van der Waals surface area (Å²) in [6.07, 6.45) is 0.778. The highest BCUT2D eigenvalue weighted by atomic mass is 35.5. The minimum Gasteiger partial charge on any atom is -0.497 e. The molecule has 0 radical (unpaired) electrons. The van der Waals surface area contributed by atoms with Crippen molar-refractivity contribution in [2.24, 2.45) is 5.92 Å². The molecular formula is C24H23ClN4O5. The maximum Gasteiger partial charge on any atom is 0.407 e. The van der Waals surface area contributed by atoms with Crippen molar-refractivity contribution in [3.63, 3.8) is 0 Å². The second-order valence-electron chi connectivity index (χ2n) is 8.34. The summed E-state index contributed by atoms with van der Waals surface area (Å²) in [4.78, 5) is 32.6. The number of aromatic amines is 1. The minimum atomic E-state index is -0.860. The van der Waals surface area contributed by atoms with Crippen LogP contribution in [0.4, 0.5) is 10.5 Å². The Kier molecular flexibility index (Phi) is 5.79.